The molecule has 1 aromatic carbocycles. The van der Waals surface area contributed by atoms with E-state index in [-0.39, 0.29) is 12.0 Å². The van der Waals surface area contributed by atoms with Crippen LogP contribution in [-0.4, -0.2) is 28.2 Å². The Morgan fingerprint density at radius 2 is 2.27 bits per heavy atom. The molecule has 5 heteroatoms. The number of hydrogen-bond donors (Lipinski definition) is 1. The van der Waals surface area contributed by atoms with Gasteiger partial charge >= 0.3 is 0 Å². The van der Waals surface area contributed by atoms with Gasteiger partial charge in [-0.25, -0.2) is 4.98 Å². The first-order valence-corrected chi connectivity index (χ1v) is 8.07. The molecule has 116 valence electrons. The molecule has 1 atom stereocenters. The van der Waals surface area contributed by atoms with E-state index in [1.54, 1.807) is 0 Å². The molecular weight excluding hydrogens is 278 g/mol. The number of carbonyl (C=O) groups excluding carboxylic acids is 1. The summed E-state index contributed by atoms with van der Waals surface area (Å²) >= 11 is 0. The van der Waals surface area contributed by atoms with E-state index in [1.165, 1.54) is 18.7 Å². The van der Waals surface area contributed by atoms with Crippen LogP contribution in [0.4, 0.5) is 0 Å². The van der Waals surface area contributed by atoms with Crippen molar-refractivity contribution >= 4 is 16.9 Å². The van der Waals surface area contributed by atoms with Crippen LogP contribution in [0.2, 0.25) is 0 Å². The number of aromatic nitrogens is 2. The molecular formula is C17H21N3O2. The molecule has 1 N–H and O–H groups in total. The Hall–Kier alpha value is -1.88. The number of nitrogens with one attached hydrogen (secondary N) is 1. The Bertz CT molecular complexity index is 712. The summed E-state index contributed by atoms with van der Waals surface area (Å²) in [4.78, 5) is 16.7. The maximum absolute atomic E-state index is 12.0. The molecule has 4 rings (SSSR count). The van der Waals surface area contributed by atoms with Crippen molar-refractivity contribution in [1.29, 1.82) is 0 Å². The van der Waals surface area contributed by atoms with Gasteiger partial charge < -0.3 is 14.6 Å². The standard InChI is InChI=1S/C17H21N3O2/c1-20-14-7-4-11(9-13(14)19-16(20)12-5-6-12)10-18-17(21)15-3-2-8-22-15/h4,7,9,12,15H,2-3,5-6,8,10H2,1H3,(H,18,21). The van der Waals surface area contributed by atoms with Crippen molar-refractivity contribution in [3.05, 3.63) is 29.6 Å². The second-order valence-corrected chi connectivity index (χ2v) is 6.35. The average molecular weight is 299 g/mol. The van der Waals surface area contributed by atoms with Gasteiger partial charge in [0.2, 0.25) is 5.91 Å². The fourth-order valence-corrected chi connectivity index (χ4v) is 3.17. The van der Waals surface area contributed by atoms with Gasteiger partial charge in [0.05, 0.1) is 11.0 Å². The molecule has 1 unspecified atom stereocenters. The van der Waals surface area contributed by atoms with Gasteiger partial charge in [-0.15, -0.1) is 0 Å². The lowest BCUT2D eigenvalue weighted by atomic mass is 10.2. The first-order valence-electron chi connectivity index (χ1n) is 8.07. The van der Waals surface area contributed by atoms with E-state index in [4.69, 9.17) is 9.72 Å². The number of rotatable bonds is 4. The zero-order valence-electron chi connectivity index (χ0n) is 12.8. The predicted molar refractivity (Wildman–Crippen MR) is 83.5 cm³/mol. The lowest BCUT2D eigenvalue weighted by Gasteiger charge is -2.10. The Morgan fingerprint density at radius 3 is 3.00 bits per heavy atom. The minimum atomic E-state index is -0.264. The molecule has 1 aromatic heterocycles. The molecule has 22 heavy (non-hydrogen) atoms. The maximum Gasteiger partial charge on any atom is 0.249 e. The summed E-state index contributed by atoms with van der Waals surface area (Å²) in [6, 6.07) is 6.25. The molecule has 1 aliphatic heterocycles. The highest BCUT2D eigenvalue weighted by Gasteiger charge is 2.28. The summed E-state index contributed by atoms with van der Waals surface area (Å²) in [6.07, 6.45) is 4.04. The second-order valence-electron chi connectivity index (χ2n) is 6.35. The predicted octanol–water partition coefficient (Wildman–Crippen LogP) is 2.25. The molecule has 1 amide bonds. The molecule has 0 bridgehead atoms. The van der Waals surface area contributed by atoms with Gasteiger partial charge in [0.15, 0.2) is 0 Å². The van der Waals surface area contributed by atoms with E-state index in [2.05, 4.69) is 35.1 Å². The number of carbonyl (C=O) groups is 1. The monoisotopic (exact) mass is 299 g/mol. The summed E-state index contributed by atoms with van der Waals surface area (Å²) < 4.78 is 7.59. The molecule has 2 heterocycles. The van der Waals surface area contributed by atoms with Crippen LogP contribution in [0.3, 0.4) is 0 Å². The smallest absolute Gasteiger partial charge is 0.249 e. The highest BCUT2D eigenvalue weighted by Crippen LogP contribution is 2.40. The number of fused-ring (bicyclic) bond motifs is 1. The van der Waals surface area contributed by atoms with E-state index in [9.17, 15) is 4.79 Å². The van der Waals surface area contributed by atoms with E-state index >= 15 is 0 Å². The average Bonchev–Trinajstić information content (AvgIpc) is 3.11. The van der Waals surface area contributed by atoms with E-state index in [1.807, 2.05) is 0 Å². The maximum atomic E-state index is 12.0. The van der Waals surface area contributed by atoms with Crippen LogP contribution in [0.1, 0.15) is 43.0 Å². The Morgan fingerprint density at radius 1 is 1.41 bits per heavy atom. The SMILES string of the molecule is Cn1c(C2CC2)nc2cc(CNC(=O)C3CCCO3)ccc21. The van der Waals surface area contributed by atoms with Crippen LogP contribution >= 0.6 is 0 Å². The van der Waals surface area contributed by atoms with Crippen molar-refractivity contribution in [2.45, 2.75) is 44.2 Å². The summed E-state index contributed by atoms with van der Waals surface area (Å²) in [7, 11) is 2.09. The zero-order chi connectivity index (χ0) is 15.1. The highest BCUT2D eigenvalue weighted by molar-refractivity contribution is 5.81. The van der Waals surface area contributed by atoms with Crippen molar-refractivity contribution in [2.24, 2.45) is 7.05 Å². The van der Waals surface area contributed by atoms with Crippen molar-refractivity contribution in [1.82, 2.24) is 14.9 Å². The Kier molecular flexibility index (Phi) is 3.37. The van der Waals surface area contributed by atoms with Crippen molar-refractivity contribution in [3.8, 4) is 0 Å². The van der Waals surface area contributed by atoms with Crippen LogP contribution < -0.4 is 5.32 Å². The molecule has 5 nitrogen and oxygen atoms in total. The minimum absolute atomic E-state index is 0.00251. The number of benzene rings is 1. The van der Waals surface area contributed by atoms with Crippen LogP contribution in [0.15, 0.2) is 18.2 Å². The Balaban J connectivity index is 1.48. The topological polar surface area (TPSA) is 56.2 Å². The molecule has 1 saturated heterocycles. The summed E-state index contributed by atoms with van der Waals surface area (Å²) in [5.41, 5.74) is 3.27. The summed E-state index contributed by atoms with van der Waals surface area (Å²) in [5.74, 6) is 1.83. The molecule has 2 aromatic rings. The quantitative estimate of drug-likeness (QED) is 0.942. The van der Waals surface area contributed by atoms with Gasteiger partial charge in [-0.3, -0.25) is 4.79 Å². The first kappa shape index (κ1) is 13.8. The third-order valence-electron chi connectivity index (χ3n) is 4.61. The number of nitrogens with zero attached hydrogens (tertiary/aromatic N) is 2. The second kappa shape index (κ2) is 5.39. The lowest BCUT2D eigenvalue weighted by Crippen LogP contribution is -2.33. The van der Waals surface area contributed by atoms with Gasteiger partial charge in [0.1, 0.15) is 11.9 Å². The molecule has 0 radical (unpaired) electrons. The van der Waals surface area contributed by atoms with Gasteiger partial charge in [0.25, 0.3) is 0 Å². The molecule has 2 aliphatic rings. The van der Waals surface area contributed by atoms with Crippen LogP contribution in [-0.2, 0) is 23.1 Å². The van der Waals surface area contributed by atoms with Gasteiger partial charge in [-0.1, -0.05) is 6.07 Å². The van der Waals surface area contributed by atoms with E-state index in [0.29, 0.717) is 19.1 Å². The molecule has 0 spiro atoms. The van der Waals surface area contributed by atoms with Crippen molar-refractivity contribution in [2.75, 3.05) is 6.61 Å². The van der Waals surface area contributed by atoms with Gasteiger partial charge in [-0.2, -0.15) is 0 Å². The molecule has 1 saturated carbocycles. The normalized spacial score (nSPS) is 21.4. The third-order valence-corrected chi connectivity index (χ3v) is 4.61. The van der Waals surface area contributed by atoms with Crippen LogP contribution in [0.5, 0.6) is 0 Å². The third kappa shape index (κ3) is 2.50. The van der Waals surface area contributed by atoms with Crippen molar-refractivity contribution < 1.29 is 9.53 Å². The van der Waals surface area contributed by atoms with E-state index in [0.717, 1.165) is 29.4 Å². The van der Waals surface area contributed by atoms with Gasteiger partial charge in [-0.05, 0) is 43.4 Å². The molecule has 1 aliphatic carbocycles. The first-order chi connectivity index (χ1) is 10.7. The Labute approximate surface area is 129 Å². The fraction of sp³-hybridized carbons (Fsp3) is 0.529. The van der Waals surface area contributed by atoms with E-state index < -0.39 is 0 Å². The summed E-state index contributed by atoms with van der Waals surface area (Å²) in [5, 5.41) is 2.96. The number of amides is 1. The lowest BCUT2D eigenvalue weighted by molar-refractivity contribution is -0.130. The largest absolute Gasteiger partial charge is 0.368 e. The van der Waals surface area contributed by atoms with Crippen molar-refractivity contribution in [3.63, 3.8) is 0 Å². The highest BCUT2D eigenvalue weighted by atomic mass is 16.5. The zero-order valence-corrected chi connectivity index (χ0v) is 12.8. The number of ether oxygens (including phenoxy) is 1. The van der Waals surface area contributed by atoms with Crippen LogP contribution in [0.25, 0.3) is 11.0 Å². The number of aryl methyl sites for hydroxylation is 1. The van der Waals surface area contributed by atoms with Gasteiger partial charge in [0, 0.05) is 26.1 Å². The minimum Gasteiger partial charge on any atom is -0.368 e. The molecule has 2 fully saturated rings. The van der Waals surface area contributed by atoms with Crippen LogP contribution in [0, 0.1) is 0 Å². The number of imidazole rings is 1. The summed E-state index contributed by atoms with van der Waals surface area (Å²) in [6.45, 7) is 1.23. The fourth-order valence-electron chi connectivity index (χ4n) is 3.17. The number of hydrogen-bond acceptors (Lipinski definition) is 3.